The van der Waals surface area contributed by atoms with Gasteiger partial charge in [-0.25, -0.2) is 0 Å². The van der Waals surface area contributed by atoms with Crippen molar-refractivity contribution in [3.8, 4) is 0 Å². The Morgan fingerprint density at radius 1 is 1.53 bits per heavy atom. The van der Waals surface area contributed by atoms with Crippen molar-refractivity contribution in [3.63, 3.8) is 0 Å². The first-order chi connectivity index (χ1) is 8.22. The van der Waals surface area contributed by atoms with Gasteiger partial charge in [0.25, 0.3) is 0 Å². The molecule has 4 heteroatoms. The third-order valence-electron chi connectivity index (χ3n) is 3.21. The number of rotatable bonds is 3. The molecule has 1 unspecified atom stereocenters. The SMILES string of the molecule is Cc1c(Cl)cccc1N1CCOC(CCN)C1. The van der Waals surface area contributed by atoms with Gasteiger partial charge < -0.3 is 15.4 Å². The molecule has 1 aliphatic heterocycles. The summed E-state index contributed by atoms with van der Waals surface area (Å²) in [4.78, 5) is 2.34. The molecule has 0 aliphatic carbocycles. The van der Waals surface area contributed by atoms with Crippen LogP contribution in [0, 0.1) is 6.92 Å². The Morgan fingerprint density at radius 3 is 3.12 bits per heavy atom. The minimum Gasteiger partial charge on any atom is -0.374 e. The molecule has 0 amide bonds. The molecular weight excluding hydrogens is 236 g/mol. The molecule has 1 aromatic carbocycles. The molecule has 1 aliphatic rings. The lowest BCUT2D eigenvalue weighted by molar-refractivity contribution is 0.0368. The van der Waals surface area contributed by atoms with E-state index in [0.717, 1.165) is 36.7 Å². The predicted molar refractivity (Wildman–Crippen MR) is 71.8 cm³/mol. The van der Waals surface area contributed by atoms with Crippen molar-refractivity contribution in [1.29, 1.82) is 0 Å². The summed E-state index contributed by atoms with van der Waals surface area (Å²) in [6.07, 6.45) is 1.16. The number of morpholine rings is 1. The average Bonchev–Trinajstić information content (AvgIpc) is 2.33. The second-order valence-electron chi connectivity index (χ2n) is 4.40. The number of nitrogens with zero attached hydrogens (tertiary/aromatic N) is 1. The van der Waals surface area contributed by atoms with Gasteiger partial charge in [0, 0.05) is 23.8 Å². The summed E-state index contributed by atoms with van der Waals surface area (Å²) in [5.74, 6) is 0. The maximum atomic E-state index is 6.15. The Kier molecular flexibility index (Phi) is 4.26. The van der Waals surface area contributed by atoms with Crippen LogP contribution in [-0.4, -0.2) is 32.3 Å². The van der Waals surface area contributed by atoms with Gasteiger partial charge in [-0.2, -0.15) is 0 Å². The van der Waals surface area contributed by atoms with E-state index in [2.05, 4.69) is 17.9 Å². The summed E-state index contributed by atoms with van der Waals surface area (Å²) in [7, 11) is 0. The third kappa shape index (κ3) is 2.92. The van der Waals surface area contributed by atoms with E-state index in [4.69, 9.17) is 22.1 Å². The molecule has 0 spiro atoms. The molecule has 94 valence electrons. The van der Waals surface area contributed by atoms with Crippen molar-refractivity contribution in [3.05, 3.63) is 28.8 Å². The second-order valence-corrected chi connectivity index (χ2v) is 4.81. The standard InChI is InChI=1S/C13H19ClN2O/c1-10-12(14)3-2-4-13(10)16-7-8-17-11(9-16)5-6-15/h2-4,11H,5-9,15H2,1H3. The van der Waals surface area contributed by atoms with Crippen LogP contribution in [0.5, 0.6) is 0 Å². The zero-order valence-corrected chi connectivity index (χ0v) is 10.9. The molecule has 1 fully saturated rings. The van der Waals surface area contributed by atoms with Crippen LogP contribution in [0.25, 0.3) is 0 Å². The number of anilines is 1. The highest BCUT2D eigenvalue weighted by Crippen LogP contribution is 2.28. The van der Waals surface area contributed by atoms with Crippen molar-refractivity contribution in [2.24, 2.45) is 5.73 Å². The van der Waals surface area contributed by atoms with E-state index in [1.807, 2.05) is 12.1 Å². The van der Waals surface area contributed by atoms with Crippen LogP contribution in [0.15, 0.2) is 18.2 Å². The molecule has 0 radical (unpaired) electrons. The Labute approximate surface area is 107 Å². The lowest BCUT2D eigenvalue weighted by Gasteiger charge is -2.35. The number of halogens is 1. The number of hydrogen-bond acceptors (Lipinski definition) is 3. The lowest BCUT2D eigenvalue weighted by Crippen LogP contribution is -2.43. The Balaban J connectivity index is 2.13. The summed E-state index contributed by atoms with van der Waals surface area (Å²) in [6.45, 7) is 5.31. The molecule has 1 atom stereocenters. The van der Waals surface area contributed by atoms with Crippen molar-refractivity contribution in [2.45, 2.75) is 19.4 Å². The number of nitrogens with two attached hydrogens (primary N) is 1. The minimum atomic E-state index is 0.243. The van der Waals surface area contributed by atoms with E-state index >= 15 is 0 Å². The smallest absolute Gasteiger partial charge is 0.0762 e. The Bertz CT molecular complexity index is 382. The maximum absolute atomic E-state index is 6.15. The van der Waals surface area contributed by atoms with E-state index in [0.29, 0.717) is 6.54 Å². The van der Waals surface area contributed by atoms with Gasteiger partial charge in [-0.3, -0.25) is 0 Å². The molecule has 3 nitrogen and oxygen atoms in total. The van der Waals surface area contributed by atoms with Gasteiger partial charge in [0.2, 0.25) is 0 Å². The third-order valence-corrected chi connectivity index (χ3v) is 3.62. The zero-order valence-electron chi connectivity index (χ0n) is 10.2. The van der Waals surface area contributed by atoms with Crippen LogP contribution in [0.2, 0.25) is 5.02 Å². The van der Waals surface area contributed by atoms with Crippen LogP contribution in [-0.2, 0) is 4.74 Å². The largest absolute Gasteiger partial charge is 0.374 e. The normalized spacial score (nSPS) is 20.6. The van der Waals surface area contributed by atoms with Gasteiger partial charge in [-0.05, 0) is 37.6 Å². The fraction of sp³-hybridized carbons (Fsp3) is 0.538. The number of ether oxygens (including phenoxy) is 1. The van der Waals surface area contributed by atoms with Crippen molar-refractivity contribution in [2.75, 3.05) is 31.1 Å². The van der Waals surface area contributed by atoms with Crippen LogP contribution >= 0.6 is 11.6 Å². The van der Waals surface area contributed by atoms with Gasteiger partial charge in [0.15, 0.2) is 0 Å². The first-order valence-corrected chi connectivity index (χ1v) is 6.42. The lowest BCUT2D eigenvalue weighted by atomic mass is 10.1. The zero-order chi connectivity index (χ0) is 12.3. The summed E-state index contributed by atoms with van der Waals surface area (Å²) in [5.41, 5.74) is 7.93. The molecule has 0 saturated carbocycles. The quantitative estimate of drug-likeness (QED) is 0.899. The first-order valence-electron chi connectivity index (χ1n) is 6.04. The fourth-order valence-corrected chi connectivity index (χ4v) is 2.41. The summed E-state index contributed by atoms with van der Waals surface area (Å²) in [6, 6.07) is 6.04. The topological polar surface area (TPSA) is 38.5 Å². The molecule has 2 N–H and O–H groups in total. The molecular formula is C13H19ClN2O. The first kappa shape index (κ1) is 12.7. The van der Waals surface area contributed by atoms with E-state index < -0.39 is 0 Å². The molecule has 1 saturated heterocycles. The van der Waals surface area contributed by atoms with Gasteiger partial charge >= 0.3 is 0 Å². The molecule has 2 rings (SSSR count). The van der Waals surface area contributed by atoms with Gasteiger partial charge in [0.05, 0.1) is 12.7 Å². The molecule has 1 aromatic rings. The highest BCUT2D eigenvalue weighted by Gasteiger charge is 2.21. The van der Waals surface area contributed by atoms with Gasteiger partial charge in [0.1, 0.15) is 0 Å². The van der Waals surface area contributed by atoms with Gasteiger partial charge in [-0.1, -0.05) is 17.7 Å². The monoisotopic (exact) mass is 254 g/mol. The fourth-order valence-electron chi connectivity index (χ4n) is 2.24. The van der Waals surface area contributed by atoms with E-state index in [1.54, 1.807) is 0 Å². The molecule has 0 bridgehead atoms. The summed E-state index contributed by atoms with van der Waals surface area (Å²) >= 11 is 6.15. The van der Waals surface area contributed by atoms with Crippen LogP contribution in [0.3, 0.4) is 0 Å². The van der Waals surface area contributed by atoms with Crippen LogP contribution in [0.4, 0.5) is 5.69 Å². The Morgan fingerprint density at radius 2 is 2.35 bits per heavy atom. The number of hydrogen-bond donors (Lipinski definition) is 1. The van der Waals surface area contributed by atoms with Crippen LogP contribution in [0.1, 0.15) is 12.0 Å². The minimum absolute atomic E-state index is 0.243. The van der Waals surface area contributed by atoms with Gasteiger partial charge in [-0.15, -0.1) is 0 Å². The summed E-state index contributed by atoms with van der Waals surface area (Å²) < 4.78 is 5.69. The highest BCUT2D eigenvalue weighted by molar-refractivity contribution is 6.31. The van der Waals surface area contributed by atoms with E-state index in [9.17, 15) is 0 Å². The molecule has 1 heterocycles. The highest BCUT2D eigenvalue weighted by atomic mass is 35.5. The van der Waals surface area contributed by atoms with Crippen LogP contribution < -0.4 is 10.6 Å². The number of benzene rings is 1. The van der Waals surface area contributed by atoms with E-state index in [-0.39, 0.29) is 6.10 Å². The van der Waals surface area contributed by atoms with Crippen molar-refractivity contribution in [1.82, 2.24) is 0 Å². The van der Waals surface area contributed by atoms with Crippen molar-refractivity contribution < 1.29 is 4.74 Å². The van der Waals surface area contributed by atoms with Crippen molar-refractivity contribution >= 4 is 17.3 Å². The molecule has 0 aromatic heterocycles. The average molecular weight is 255 g/mol. The summed E-state index contributed by atoms with van der Waals surface area (Å²) in [5, 5.41) is 0.823. The predicted octanol–water partition coefficient (Wildman–Crippen LogP) is 2.20. The van der Waals surface area contributed by atoms with E-state index in [1.165, 1.54) is 5.69 Å². The maximum Gasteiger partial charge on any atom is 0.0762 e. The molecule has 17 heavy (non-hydrogen) atoms. The Hall–Kier alpha value is -0.770. The second kappa shape index (κ2) is 5.71.